The van der Waals surface area contributed by atoms with E-state index in [4.69, 9.17) is 0 Å². The molecule has 0 spiro atoms. The van der Waals surface area contributed by atoms with E-state index in [9.17, 15) is 4.79 Å². The maximum Gasteiger partial charge on any atom is 0.255 e. The van der Waals surface area contributed by atoms with E-state index in [1.807, 2.05) is 11.0 Å². The Morgan fingerprint density at radius 1 is 0.815 bits per heavy atom. The summed E-state index contributed by atoms with van der Waals surface area (Å²) in [6.45, 7) is 4.01. The van der Waals surface area contributed by atoms with E-state index < -0.39 is 0 Å². The van der Waals surface area contributed by atoms with Crippen LogP contribution in [0, 0.1) is 0 Å². The second-order valence-electron chi connectivity index (χ2n) is 7.53. The smallest absolute Gasteiger partial charge is 0.255 e. The van der Waals surface area contributed by atoms with E-state index in [0.29, 0.717) is 5.56 Å². The minimum atomic E-state index is 0.0948. The molecule has 2 aliphatic heterocycles. The Hall–Kier alpha value is -2.56. The van der Waals surface area contributed by atoms with Crippen molar-refractivity contribution in [1.29, 1.82) is 0 Å². The fraction of sp³-hybridized carbons (Fsp3) is 0.455. The first-order chi connectivity index (χ1) is 13.3. The molecule has 2 saturated heterocycles. The third-order valence-electron chi connectivity index (χ3n) is 5.51. The zero-order valence-electron chi connectivity index (χ0n) is 15.9. The number of anilines is 3. The number of carbonyl (C=O) groups excluding carboxylic acids is 1. The van der Waals surface area contributed by atoms with Crippen molar-refractivity contribution in [2.24, 2.45) is 0 Å². The van der Waals surface area contributed by atoms with Crippen molar-refractivity contribution in [3.8, 4) is 0 Å². The molecule has 142 valence electrons. The number of likely N-dealkylation sites (tertiary alicyclic amines) is 1. The first-order valence-corrected chi connectivity index (χ1v) is 10.2. The highest BCUT2D eigenvalue weighted by molar-refractivity contribution is 5.95. The molecule has 0 bridgehead atoms. The van der Waals surface area contributed by atoms with Crippen LogP contribution in [0.3, 0.4) is 0 Å². The molecule has 2 aromatic rings. The van der Waals surface area contributed by atoms with Crippen LogP contribution in [0.2, 0.25) is 0 Å². The van der Waals surface area contributed by atoms with Gasteiger partial charge in [0.15, 0.2) is 0 Å². The summed E-state index contributed by atoms with van der Waals surface area (Å²) in [5.41, 5.74) is 3.81. The molecular formula is C22H28N4O. The van der Waals surface area contributed by atoms with Crippen LogP contribution in [0.15, 0.2) is 42.7 Å². The third-order valence-corrected chi connectivity index (χ3v) is 5.51. The summed E-state index contributed by atoms with van der Waals surface area (Å²) in [6.07, 6.45) is 10.6. The van der Waals surface area contributed by atoms with Crippen molar-refractivity contribution in [3.63, 3.8) is 0 Å². The van der Waals surface area contributed by atoms with Crippen LogP contribution < -0.4 is 10.2 Å². The van der Waals surface area contributed by atoms with Gasteiger partial charge >= 0.3 is 0 Å². The Bertz CT molecular complexity index is 760. The first-order valence-electron chi connectivity index (χ1n) is 10.2. The lowest BCUT2D eigenvalue weighted by Gasteiger charge is -2.20. The van der Waals surface area contributed by atoms with E-state index in [1.54, 1.807) is 12.4 Å². The van der Waals surface area contributed by atoms with Crippen LogP contribution in [-0.4, -0.2) is 42.0 Å². The average molecular weight is 364 g/mol. The third kappa shape index (κ3) is 4.41. The first kappa shape index (κ1) is 17.8. The highest BCUT2D eigenvalue weighted by Gasteiger charge is 2.18. The largest absolute Gasteiger partial charge is 0.372 e. The monoisotopic (exact) mass is 364 g/mol. The minimum absolute atomic E-state index is 0.0948. The fourth-order valence-corrected chi connectivity index (χ4v) is 3.98. The van der Waals surface area contributed by atoms with Gasteiger partial charge in [0.2, 0.25) is 0 Å². The number of nitrogens with zero attached hydrogens (tertiary/aromatic N) is 3. The summed E-state index contributed by atoms with van der Waals surface area (Å²) < 4.78 is 0. The number of pyridine rings is 1. The molecular weight excluding hydrogens is 336 g/mol. The van der Waals surface area contributed by atoms with Crippen molar-refractivity contribution in [3.05, 3.63) is 48.3 Å². The van der Waals surface area contributed by atoms with Crippen molar-refractivity contribution < 1.29 is 4.79 Å². The van der Waals surface area contributed by atoms with Gasteiger partial charge in [0.1, 0.15) is 0 Å². The summed E-state index contributed by atoms with van der Waals surface area (Å²) in [6, 6.07) is 10.4. The van der Waals surface area contributed by atoms with Gasteiger partial charge in [0, 0.05) is 43.8 Å². The van der Waals surface area contributed by atoms with Gasteiger partial charge < -0.3 is 15.1 Å². The Balaban J connectivity index is 1.43. The van der Waals surface area contributed by atoms with Gasteiger partial charge in [0.25, 0.3) is 5.91 Å². The summed E-state index contributed by atoms with van der Waals surface area (Å²) in [4.78, 5) is 21.5. The SMILES string of the molecule is O=C(c1cncc(Nc2ccc(N3CCCC3)cc2)c1)N1CCCCCC1. The summed E-state index contributed by atoms with van der Waals surface area (Å²) in [7, 11) is 0. The molecule has 27 heavy (non-hydrogen) atoms. The Labute approximate surface area is 161 Å². The van der Waals surface area contributed by atoms with E-state index in [1.165, 1.54) is 31.4 Å². The van der Waals surface area contributed by atoms with E-state index in [-0.39, 0.29) is 5.91 Å². The molecule has 5 nitrogen and oxygen atoms in total. The lowest BCUT2D eigenvalue weighted by Crippen LogP contribution is -2.31. The van der Waals surface area contributed by atoms with Crippen LogP contribution in [0.1, 0.15) is 48.9 Å². The molecule has 0 aliphatic carbocycles. The van der Waals surface area contributed by atoms with Crippen molar-refractivity contribution in [2.45, 2.75) is 38.5 Å². The molecule has 4 rings (SSSR count). The van der Waals surface area contributed by atoms with Crippen LogP contribution in [0.4, 0.5) is 17.1 Å². The lowest BCUT2D eigenvalue weighted by molar-refractivity contribution is 0.0761. The summed E-state index contributed by atoms with van der Waals surface area (Å²) in [5, 5.41) is 3.38. The predicted molar refractivity (Wildman–Crippen MR) is 110 cm³/mol. The number of benzene rings is 1. The predicted octanol–water partition coefficient (Wildman–Crippen LogP) is 4.44. The quantitative estimate of drug-likeness (QED) is 0.871. The number of nitrogens with one attached hydrogen (secondary N) is 1. The number of carbonyl (C=O) groups is 1. The van der Waals surface area contributed by atoms with Crippen LogP contribution >= 0.6 is 0 Å². The van der Waals surface area contributed by atoms with Gasteiger partial charge in [-0.05, 0) is 56.0 Å². The molecule has 3 heterocycles. The van der Waals surface area contributed by atoms with E-state index in [2.05, 4.69) is 39.5 Å². The molecule has 0 atom stereocenters. The minimum Gasteiger partial charge on any atom is -0.372 e. The molecule has 2 fully saturated rings. The number of hydrogen-bond acceptors (Lipinski definition) is 4. The zero-order valence-corrected chi connectivity index (χ0v) is 15.9. The maximum atomic E-state index is 12.8. The topological polar surface area (TPSA) is 48.5 Å². The number of rotatable bonds is 4. The molecule has 5 heteroatoms. The second-order valence-corrected chi connectivity index (χ2v) is 7.53. The molecule has 2 aliphatic rings. The Morgan fingerprint density at radius 3 is 2.19 bits per heavy atom. The summed E-state index contributed by atoms with van der Waals surface area (Å²) >= 11 is 0. The highest BCUT2D eigenvalue weighted by atomic mass is 16.2. The average Bonchev–Trinajstić information content (AvgIpc) is 3.11. The van der Waals surface area contributed by atoms with E-state index in [0.717, 1.165) is 50.4 Å². The van der Waals surface area contributed by atoms with Gasteiger partial charge in [-0.3, -0.25) is 9.78 Å². The van der Waals surface area contributed by atoms with E-state index >= 15 is 0 Å². The Morgan fingerprint density at radius 2 is 1.48 bits per heavy atom. The summed E-state index contributed by atoms with van der Waals surface area (Å²) in [5.74, 6) is 0.0948. The second kappa shape index (κ2) is 8.42. The van der Waals surface area contributed by atoms with Gasteiger partial charge in [-0.25, -0.2) is 0 Å². The molecule has 0 radical (unpaired) electrons. The molecule has 1 aromatic carbocycles. The van der Waals surface area contributed by atoms with Crippen molar-refractivity contribution in [2.75, 3.05) is 36.4 Å². The van der Waals surface area contributed by atoms with Crippen molar-refractivity contribution in [1.82, 2.24) is 9.88 Å². The van der Waals surface area contributed by atoms with Crippen LogP contribution in [0.25, 0.3) is 0 Å². The molecule has 0 unspecified atom stereocenters. The number of hydrogen-bond donors (Lipinski definition) is 1. The zero-order chi connectivity index (χ0) is 18.5. The van der Waals surface area contributed by atoms with Crippen molar-refractivity contribution >= 4 is 23.0 Å². The maximum absolute atomic E-state index is 12.8. The fourth-order valence-electron chi connectivity index (χ4n) is 3.98. The lowest BCUT2D eigenvalue weighted by atomic mass is 10.2. The highest BCUT2D eigenvalue weighted by Crippen LogP contribution is 2.24. The standard InChI is InChI=1S/C22H28N4O/c27-22(26-13-3-1-2-4-14-26)18-15-20(17-23-16-18)24-19-7-9-21(10-8-19)25-11-5-6-12-25/h7-10,15-17,24H,1-6,11-14H2. The van der Waals surface area contributed by atoms with Gasteiger partial charge in [0.05, 0.1) is 17.4 Å². The molecule has 0 saturated carbocycles. The Kier molecular flexibility index (Phi) is 5.56. The van der Waals surface area contributed by atoms with Gasteiger partial charge in [-0.2, -0.15) is 0 Å². The van der Waals surface area contributed by atoms with Crippen LogP contribution in [-0.2, 0) is 0 Å². The molecule has 1 N–H and O–H groups in total. The molecule has 1 amide bonds. The van der Waals surface area contributed by atoms with Crippen LogP contribution in [0.5, 0.6) is 0 Å². The number of aromatic nitrogens is 1. The normalized spacial score (nSPS) is 17.6. The molecule has 1 aromatic heterocycles. The van der Waals surface area contributed by atoms with Gasteiger partial charge in [-0.15, -0.1) is 0 Å². The number of amides is 1. The van der Waals surface area contributed by atoms with Gasteiger partial charge in [-0.1, -0.05) is 12.8 Å².